The van der Waals surface area contributed by atoms with Crippen LogP contribution in [0.4, 0.5) is 0 Å². The van der Waals surface area contributed by atoms with Gasteiger partial charge in [-0.3, -0.25) is 39.0 Å². The molecule has 0 aliphatic heterocycles. The third kappa shape index (κ3) is 18.8. The van der Waals surface area contributed by atoms with Crippen molar-refractivity contribution in [2.75, 3.05) is 13.1 Å². The number of carboxylic acid groups (broad SMARTS) is 1. The van der Waals surface area contributed by atoms with Crippen LogP contribution in [0.2, 0.25) is 0 Å². The first-order valence-electron chi connectivity index (χ1n) is 17.1. The molecular weight excluding hydrogens is 684 g/mol. The van der Waals surface area contributed by atoms with Crippen molar-refractivity contribution in [3.05, 3.63) is 0 Å². The lowest BCUT2D eigenvalue weighted by Crippen LogP contribution is -2.60. The van der Waals surface area contributed by atoms with E-state index in [0.717, 1.165) is 0 Å². The van der Waals surface area contributed by atoms with Crippen molar-refractivity contribution in [3.63, 3.8) is 0 Å². The molecule has 0 aliphatic rings. The fourth-order valence-corrected chi connectivity index (χ4v) is 4.54. The van der Waals surface area contributed by atoms with E-state index < -0.39 is 95.5 Å². The van der Waals surface area contributed by atoms with Gasteiger partial charge in [0.05, 0.1) is 6.04 Å². The molecule has 21 heteroatoms. The Balaban J connectivity index is 5.71. The minimum absolute atomic E-state index is 0.119. The summed E-state index contributed by atoms with van der Waals surface area (Å²) in [5.41, 5.74) is 21.6. The van der Waals surface area contributed by atoms with Crippen molar-refractivity contribution in [1.29, 1.82) is 5.41 Å². The highest BCUT2D eigenvalue weighted by Crippen LogP contribution is 2.08. The third-order valence-corrected chi connectivity index (χ3v) is 7.66. The van der Waals surface area contributed by atoms with Crippen LogP contribution in [0.1, 0.15) is 79.6 Å². The number of carbonyl (C=O) groups excluding carboxylic acids is 7. The summed E-state index contributed by atoms with van der Waals surface area (Å²) in [6, 6.07) is -8.19. The average molecular weight is 743 g/mol. The Morgan fingerprint density at radius 1 is 0.615 bits per heavy atom. The summed E-state index contributed by atoms with van der Waals surface area (Å²) >= 11 is 0. The number of hydrogen-bond donors (Lipinski definition) is 13. The van der Waals surface area contributed by atoms with Crippen molar-refractivity contribution >= 4 is 53.3 Å². The predicted molar refractivity (Wildman–Crippen MR) is 190 cm³/mol. The van der Waals surface area contributed by atoms with Gasteiger partial charge in [-0.2, -0.15) is 0 Å². The Kier molecular flexibility index (Phi) is 21.8. The minimum atomic E-state index is -1.43. The molecule has 52 heavy (non-hydrogen) atoms. The van der Waals surface area contributed by atoms with Gasteiger partial charge in [-0.15, -0.1) is 0 Å². The van der Waals surface area contributed by atoms with Crippen LogP contribution in [0.3, 0.4) is 0 Å². The molecular formula is C31H58N12O9. The van der Waals surface area contributed by atoms with Crippen molar-refractivity contribution < 1.29 is 43.5 Å². The Labute approximate surface area is 303 Å². The second-order valence-corrected chi connectivity index (χ2v) is 12.8. The summed E-state index contributed by atoms with van der Waals surface area (Å²) in [7, 11) is 0. The molecule has 0 aromatic heterocycles. The largest absolute Gasteiger partial charge is 0.480 e. The topological polar surface area (TPSA) is 369 Å². The van der Waals surface area contributed by atoms with Crippen LogP contribution in [0.25, 0.3) is 0 Å². The van der Waals surface area contributed by atoms with Gasteiger partial charge in [-0.25, -0.2) is 4.79 Å². The van der Waals surface area contributed by atoms with E-state index in [9.17, 15) is 43.5 Å². The number of carboxylic acids is 1. The van der Waals surface area contributed by atoms with Gasteiger partial charge in [0.25, 0.3) is 0 Å². The van der Waals surface area contributed by atoms with Gasteiger partial charge in [0.2, 0.25) is 41.4 Å². The minimum Gasteiger partial charge on any atom is -0.480 e. The molecule has 0 saturated heterocycles. The molecule has 0 radical (unpaired) electrons. The summed E-state index contributed by atoms with van der Waals surface area (Å²) < 4.78 is 0. The molecule has 0 aromatic rings. The van der Waals surface area contributed by atoms with E-state index in [4.69, 9.17) is 28.3 Å². The van der Waals surface area contributed by atoms with E-state index in [2.05, 4.69) is 37.2 Å². The second kappa shape index (κ2) is 24.2. The monoisotopic (exact) mass is 742 g/mol. The quantitative estimate of drug-likeness (QED) is 0.0239. The molecule has 7 atom stereocenters. The number of carbonyl (C=O) groups is 8. The maximum atomic E-state index is 13.6. The smallest absolute Gasteiger partial charge is 0.326 e. The SMILES string of the molecule is CC(C)[C@H](NC(=O)[C@H](CCCCN)NC(=O)[C@H](CCCNC(=N)N)NC(=O)[C@H](C)N)C(=O)N[C@@H](C)C(=O)N[C@@H](C)C(=O)N[C@@H](CCC(N)=O)C(=O)O. The lowest BCUT2D eigenvalue weighted by Gasteiger charge is -2.28. The Morgan fingerprint density at radius 3 is 1.58 bits per heavy atom. The highest BCUT2D eigenvalue weighted by atomic mass is 16.4. The lowest BCUT2D eigenvalue weighted by molar-refractivity contribution is -0.142. The maximum absolute atomic E-state index is 13.6. The fourth-order valence-electron chi connectivity index (χ4n) is 4.54. The van der Waals surface area contributed by atoms with Gasteiger partial charge in [-0.05, 0) is 71.8 Å². The van der Waals surface area contributed by atoms with Gasteiger partial charge in [0, 0.05) is 13.0 Å². The number of nitrogens with one attached hydrogen (secondary N) is 8. The fraction of sp³-hybridized carbons (Fsp3) is 0.710. The lowest BCUT2D eigenvalue weighted by atomic mass is 10.0. The highest BCUT2D eigenvalue weighted by molar-refractivity contribution is 5.97. The third-order valence-electron chi connectivity index (χ3n) is 7.66. The van der Waals surface area contributed by atoms with Gasteiger partial charge < -0.3 is 65.3 Å². The molecule has 0 bridgehead atoms. The zero-order chi connectivity index (χ0) is 40.1. The molecule has 0 heterocycles. The average Bonchev–Trinajstić information content (AvgIpc) is 3.05. The maximum Gasteiger partial charge on any atom is 0.326 e. The van der Waals surface area contributed by atoms with Crippen molar-refractivity contribution in [3.8, 4) is 0 Å². The van der Waals surface area contributed by atoms with E-state index in [1.165, 1.54) is 20.8 Å². The number of primary amides is 1. The summed E-state index contributed by atoms with van der Waals surface area (Å²) in [4.78, 5) is 100. The molecule has 0 unspecified atom stereocenters. The number of hydrogen-bond acceptors (Lipinski definition) is 11. The number of rotatable bonds is 25. The van der Waals surface area contributed by atoms with Crippen LogP contribution in [0, 0.1) is 11.3 Å². The number of nitrogens with two attached hydrogens (primary N) is 4. The summed E-state index contributed by atoms with van der Waals surface area (Å²) in [6.45, 7) is 7.93. The van der Waals surface area contributed by atoms with E-state index in [-0.39, 0.29) is 38.2 Å². The molecule has 17 N–H and O–H groups in total. The van der Waals surface area contributed by atoms with Crippen molar-refractivity contribution in [2.24, 2.45) is 28.9 Å². The summed E-state index contributed by atoms with van der Waals surface area (Å²) in [5.74, 6) is -7.29. The Morgan fingerprint density at radius 2 is 1.10 bits per heavy atom. The molecule has 0 aliphatic carbocycles. The van der Waals surface area contributed by atoms with E-state index in [0.29, 0.717) is 25.8 Å². The van der Waals surface area contributed by atoms with Gasteiger partial charge in [-0.1, -0.05) is 13.8 Å². The standard InChI is InChI=1S/C31H58N12O9/c1-15(2)23(29(50)39-17(4)25(46)38-18(5)26(47)42-21(30(51)52)11-12-22(34)44)43-28(49)19(9-6-7-13-32)41-27(48)20(40-24(45)16(3)33)10-8-14-37-31(35)36/h15-21,23H,6-14,32-33H2,1-5H3,(H2,34,44)(H,38,46)(H,39,50)(H,40,45)(H,41,48)(H,42,47)(H,43,49)(H,51,52)(H4,35,36,37)/t16-,17-,18-,19-,20-,21-,23-/m0/s1. The normalized spacial score (nSPS) is 14.9. The van der Waals surface area contributed by atoms with E-state index >= 15 is 0 Å². The van der Waals surface area contributed by atoms with Crippen LogP contribution >= 0.6 is 0 Å². The van der Waals surface area contributed by atoms with E-state index in [1.807, 2.05) is 0 Å². The zero-order valence-corrected chi connectivity index (χ0v) is 30.5. The molecule has 0 aromatic carbocycles. The van der Waals surface area contributed by atoms with Gasteiger partial charge in [0.1, 0.15) is 36.3 Å². The molecule has 296 valence electrons. The van der Waals surface area contributed by atoms with Crippen molar-refractivity contribution in [1.82, 2.24) is 37.2 Å². The molecule has 21 nitrogen and oxygen atoms in total. The predicted octanol–water partition coefficient (Wildman–Crippen LogP) is -4.32. The van der Waals surface area contributed by atoms with Crippen LogP contribution in [-0.2, 0) is 38.4 Å². The van der Waals surface area contributed by atoms with Gasteiger partial charge >= 0.3 is 5.97 Å². The Bertz CT molecular complexity index is 1260. The van der Waals surface area contributed by atoms with Crippen LogP contribution in [-0.4, -0.2) is 114 Å². The summed E-state index contributed by atoms with van der Waals surface area (Å²) in [6.07, 6.45) is 1.01. The highest BCUT2D eigenvalue weighted by Gasteiger charge is 2.33. The van der Waals surface area contributed by atoms with Crippen LogP contribution in [0.15, 0.2) is 0 Å². The first-order chi connectivity index (χ1) is 24.2. The number of amides is 7. The summed E-state index contributed by atoms with van der Waals surface area (Å²) in [5, 5.41) is 34.1. The number of unbranched alkanes of at least 4 members (excludes halogenated alkanes) is 1. The molecule has 0 saturated carbocycles. The zero-order valence-electron chi connectivity index (χ0n) is 30.5. The first kappa shape index (κ1) is 46.9. The molecule has 7 amide bonds. The number of guanidine groups is 1. The number of aliphatic carboxylic acids is 1. The molecule has 0 rings (SSSR count). The van der Waals surface area contributed by atoms with Gasteiger partial charge in [0.15, 0.2) is 5.96 Å². The van der Waals surface area contributed by atoms with E-state index in [1.54, 1.807) is 13.8 Å². The Hall–Kier alpha value is -5.05. The van der Waals surface area contributed by atoms with Crippen LogP contribution < -0.4 is 60.2 Å². The second-order valence-electron chi connectivity index (χ2n) is 12.8. The van der Waals surface area contributed by atoms with Crippen molar-refractivity contribution in [2.45, 2.75) is 122 Å². The molecule has 0 spiro atoms. The molecule has 0 fully saturated rings. The first-order valence-corrected chi connectivity index (χ1v) is 17.1. The van der Waals surface area contributed by atoms with Crippen LogP contribution in [0.5, 0.6) is 0 Å².